The van der Waals surface area contributed by atoms with E-state index in [4.69, 9.17) is 34.8 Å². The van der Waals surface area contributed by atoms with Crippen molar-refractivity contribution in [1.29, 1.82) is 0 Å². The summed E-state index contributed by atoms with van der Waals surface area (Å²) < 4.78 is -0.0280. The van der Waals surface area contributed by atoms with E-state index in [-0.39, 0.29) is 6.04 Å². The van der Waals surface area contributed by atoms with Gasteiger partial charge in [0.2, 0.25) is 3.79 Å². The van der Waals surface area contributed by atoms with Crippen molar-refractivity contribution in [1.82, 2.24) is 9.78 Å². The molecule has 1 heterocycles. The van der Waals surface area contributed by atoms with Gasteiger partial charge in [0.25, 0.3) is 0 Å². The van der Waals surface area contributed by atoms with Gasteiger partial charge in [-0.3, -0.25) is 4.68 Å². The first-order chi connectivity index (χ1) is 6.32. The van der Waals surface area contributed by atoms with E-state index in [1.807, 2.05) is 13.8 Å². The van der Waals surface area contributed by atoms with Crippen LogP contribution >= 0.6 is 34.8 Å². The second-order valence-electron chi connectivity index (χ2n) is 3.29. The third kappa shape index (κ3) is 2.76. The minimum atomic E-state index is -1.72. The van der Waals surface area contributed by atoms with E-state index >= 15 is 0 Å². The van der Waals surface area contributed by atoms with E-state index in [0.717, 1.165) is 0 Å². The Kier molecular flexibility index (Phi) is 3.69. The number of rotatable bonds is 2. The molecular weight excluding hydrogens is 246 g/mol. The molecule has 0 saturated carbocycles. The molecule has 3 nitrogen and oxygen atoms in total. The monoisotopic (exact) mass is 256 g/mol. The van der Waals surface area contributed by atoms with Crippen LogP contribution in [0.4, 0.5) is 0 Å². The van der Waals surface area contributed by atoms with Crippen LogP contribution < -0.4 is 0 Å². The lowest BCUT2D eigenvalue weighted by Crippen LogP contribution is -2.15. The van der Waals surface area contributed by atoms with Crippen LogP contribution in [0.5, 0.6) is 0 Å². The number of hydrogen-bond donors (Lipinski definition) is 1. The lowest BCUT2D eigenvalue weighted by atomic mass is 10.2. The van der Waals surface area contributed by atoms with Crippen molar-refractivity contribution in [3.8, 4) is 0 Å². The minimum Gasteiger partial charge on any atom is -0.384 e. The molecule has 1 rings (SSSR count). The summed E-state index contributed by atoms with van der Waals surface area (Å²) >= 11 is 16.7. The highest BCUT2D eigenvalue weighted by atomic mass is 35.6. The zero-order valence-corrected chi connectivity index (χ0v) is 10.1. The molecule has 0 aliphatic carbocycles. The third-order valence-corrected chi connectivity index (χ3v) is 2.40. The third-order valence-electron chi connectivity index (χ3n) is 1.78. The molecule has 0 saturated heterocycles. The zero-order valence-electron chi connectivity index (χ0n) is 7.78. The van der Waals surface area contributed by atoms with Gasteiger partial charge in [0.1, 0.15) is 6.10 Å². The molecule has 1 aromatic rings. The van der Waals surface area contributed by atoms with Gasteiger partial charge in [-0.1, -0.05) is 34.8 Å². The van der Waals surface area contributed by atoms with Crippen LogP contribution in [0.1, 0.15) is 31.6 Å². The van der Waals surface area contributed by atoms with Gasteiger partial charge in [0.15, 0.2) is 0 Å². The summed E-state index contributed by atoms with van der Waals surface area (Å²) in [6.45, 7) is 3.94. The summed E-state index contributed by atoms with van der Waals surface area (Å²) in [5, 5.41) is 13.6. The average molecular weight is 258 g/mol. The van der Waals surface area contributed by atoms with Crippen molar-refractivity contribution in [2.75, 3.05) is 0 Å². The Hall–Kier alpha value is 0.0400. The van der Waals surface area contributed by atoms with E-state index in [2.05, 4.69) is 5.10 Å². The summed E-state index contributed by atoms with van der Waals surface area (Å²) in [5.74, 6) is 0. The molecule has 0 aromatic carbocycles. The zero-order chi connectivity index (χ0) is 10.9. The Balaban J connectivity index is 2.87. The second kappa shape index (κ2) is 4.27. The summed E-state index contributed by atoms with van der Waals surface area (Å²) in [7, 11) is 0. The highest BCUT2D eigenvalue weighted by Crippen LogP contribution is 2.39. The van der Waals surface area contributed by atoms with Crippen LogP contribution in [0.3, 0.4) is 0 Å². The van der Waals surface area contributed by atoms with Gasteiger partial charge in [-0.25, -0.2) is 0 Å². The van der Waals surface area contributed by atoms with E-state index in [9.17, 15) is 5.11 Å². The number of aliphatic hydroxyl groups excluding tert-OH is 1. The Morgan fingerprint density at radius 1 is 1.43 bits per heavy atom. The van der Waals surface area contributed by atoms with E-state index < -0.39 is 9.90 Å². The molecule has 0 spiro atoms. The standard InChI is InChI=1S/C8H11Cl3N2O/c1-5(2)13-4-6(3-12-13)7(14)8(9,10)11/h3-5,7,14H,1-2H3/t7-/m1/s1. The highest BCUT2D eigenvalue weighted by Gasteiger charge is 2.33. The molecule has 0 aliphatic rings. The van der Waals surface area contributed by atoms with Gasteiger partial charge in [0.05, 0.1) is 6.20 Å². The SMILES string of the molecule is CC(C)n1cc([C@@H](O)C(Cl)(Cl)Cl)cn1. The maximum atomic E-state index is 9.60. The fourth-order valence-corrected chi connectivity index (χ4v) is 1.34. The summed E-state index contributed by atoms with van der Waals surface area (Å²) in [4.78, 5) is 0. The predicted molar refractivity (Wildman–Crippen MR) is 57.9 cm³/mol. The Labute approximate surface area is 97.6 Å². The van der Waals surface area contributed by atoms with Crippen LogP contribution in [0, 0.1) is 0 Å². The normalized spacial score (nSPS) is 14.8. The fraction of sp³-hybridized carbons (Fsp3) is 0.625. The van der Waals surface area contributed by atoms with Crippen LogP contribution in [-0.4, -0.2) is 18.7 Å². The lowest BCUT2D eigenvalue weighted by molar-refractivity contribution is 0.182. The molecule has 0 unspecified atom stereocenters. The van der Waals surface area contributed by atoms with Gasteiger partial charge in [-0.15, -0.1) is 0 Å². The molecule has 1 N–H and O–H groups in total. The Morgan fingerprint density at radius 3 is 2.36 bits per heavy atom. The van der Waals surface area contributed by atoms with Crippen LogP contribution in [0.2, 0.25) is 0 Å². The van der Waals surface area contributed by atoms with Gasteiger partial charge in [-0.05, 0) is 13.8 Å². The van der Waals surface area contributed by atoms with Gasteiger partial charge < -0.3 is 5.11 Å². The Bertz CT molecular complexity index is 306. The second-order valence-corrected chi connectivity index (χ2v) is 5.66. The van der Waals surface area contributed by atoms with Crippen molar-refractivity contribution in [3.63, 3.8) is 0 Å². The molecule has 0 amide bonds. The van der Waals surface area contributed by atoms with Crippen LogP contribution in [0.25, 0.3) is 0 Å². The largest absolute Gasteiger partial charge is 0.384 e. The van der Waals surface area contributed by atoms with Crippen molar-refractivity contribution < 1.29 is 5.11 Å². The van der Waals surface area contributed by atoms with Crippen molar-refractivity contribution >= 4 is 34.8 Å². The van der Waals surface area contributed by atoms with Gasteiger partial charge in [-0.2, -0.15) is 5.10 Å². The van der Waals surface area contributed by atoms with Crippen LogP contribution in [-0.2, 0) is 0 Å². The first-order valence-corrected chi connectivity index (χ1v) is 5.24. The summed E-state index contributed by atoms with van der Waals surface area (Å²) in [6, 6.07) is 0.214. The molecule has 0 radical (unpaired) electrons. The maximum absolute atomic E-state index is 9.60. The first kappa shape index (κ1) is 12.1. The maximum Gasteiger partial charge on any atom is 0.220 e. The van der Waals surface area contributed by atoms with Crippen molar-refractivity contribution in [2.24, 2.45) is 0 Å². The molecule has 1 atom stereocenters. The highest BCUT2D eigenvalue weighted by molar-refractivity contribution is 6.67. The molecule has 0 fully saturated rings. The number of halogens is 3. The van der Waals surface area contributed by atoms with Gasteiger partial charge in [0, 0.05) is 17.8 Å². The van der Waals surface area contributed by atoms with E-state index in [0.29, 0.717) is 5.56 Å². The smallest absolute Gasteiger partial charge is 0.220 e. The van der Waals surface area contributed by atoms with Crippen LogP contribution in [0.15, 0.2) is 12.4 Å². The van der Waals surface area contributed by atoms with Gasteiger partial charge >= 0.3 is 0 Å². The number of aromatic nitrogens is 2. The molecular formula is C8H11Cl3N2O. The fourth-order valence-electron chi connectivity index (χ4n) is 0.965. The van der Waals surface area contributed by atoms with E-state index in [1.54, 1.807) is 10.9 Å². The predicted octanol–water partition coefficient (Wildman–Crippen LogP) is 2.87. The summed E-state index contributed by atoms with van der Waals surface area (Å²) in [5.41, 5.74) is 0.499. The number of nitrogens with zero attached hydrogens (tertiary/aromatic N) is 2. The lowest BCUT2D eigenvalue weighted by Gasteiger charge is -2.17. The topological polar surface area (TPSA) is 38.0 Å². The molecule has 1 aromatic heterocycles. The molecule has 0 aliphatic heterocycles. The van der Waals surface area contributed by atoms with Crippen molar-refractivity contribution in [3.05, 3.63) is 18.0 Å². The molecule has 14 heavy (non-hydrogen) atoms. The number of aliphatic hydroxyl groups is 1. The number of hydrogen-bond acceptors (Lipinski definition) is 2. The first-order valence-electron chi connectivity index (χ1n) is 4.11. The molecule has 0 bridgehead atoms. The number of alkyl halides is 3. The average Bonchev–Trinajstić information content (AvgIpc) is 2.48. The summed E-state index contributed by atoms with van der Waals surface area (Å²) in [6.07, 6.45) is 2.00. The minimum absolute atomic E-state index is 0.214. The quantitative estimate of drug-likeness (QED) is 0.827. The molecule has 6 heteroatoms. The van der Waals surface area contributed by atoms with Crippen molar-refractivity contribution in [2.45, 2.75) is 29.8 Å². The molecule has 80 valence electrons. The Morgan fingerprint density at radius 2 is 2.00 bits per heavy atom. The van der Waals surface area contributed by atoms with E-state index in [1.165, 1.54) is 6.20 Å².